The fourth-order valence-electron chi connectivity index (χ4n) is 4.76. The molecule has 26 heavy (non-hydrogen) atoms. The first-order valence-corrected chi connectivity index (χ1v) is 10.3. The van der Waals surface area contributed by atoms with E-state index in [0.717, 1.165) is 36.5 Å². The van der Waals surface area contributed by atoms with Gasteiger partial charge in [-0.05, 0) is 45.1 Å². The van der Waals surface area contributed by atoms with Crippen molar-refractivity contribution in [2.75, 3.05) is 19.6 Å². The Morgan fingerprint density at radius 3 is 2.69 bits per heavy atom. The van der Waals surface area contributed by atoms with Crippen molar-refractivity contribution in [2.24, 2.45) is 13.0 Å². The summed E-state index contributed by atoms with van der Waals surface area (Å²) in [6.45, 7) is 6.46. The van der Waals surface area contributed by atoms with E-state index in [0.29, 0.717) is 5.92 Å². The monoisotopic (exact) mass is 356 g/mol. The summed E-state index contributed by atoms with van der Waals surface area (Å²) in [6.07, 6.45) is 13.5. The van der Waals surface area contributed by atoms with Crippen LogP contribution in [0.1, 0.15) is 68.3 Å². The molecule has 3 heterocycles. The van der Waals surface area contributed by atoms with E-state index in [1.54, 1.807) is 0 Å². The van der Waals surface area contributed by atoms with E-state index in [1.165, 1.54) is 58.0 Å². The summed E-state index contributed by atoms with van der Waals surface area (Å²) in [5.41, 5.74) is 0. The van der Waals surface area contributed by atoms with Crippen molar-refractivity contribution in [3.8, 4) is 0 Å². The maximum atomic E-state index is 4.58. The van der Waals surface area contributed by atoms with Crippen LogP contribution in [-0.2, 0) is 13.6 Å². The maximum absolute atomic E-state index is 4.58. The highest BCUT2D eigenvalue weighted by Crippen LogP contribution is 2.29. The first kappa shape index (κ1) is 17.7. The third kappa shape index (κ3) is 3.85. The normalized spacial score (nSPS) is 22.8. The third-order valence-electron chi connectivity index (χ3n) is 6.35. The number of piperidine rings is 1. The van der Waals surface area contributed by atoms with Gasteiger partial charge in [-0.2, -0.15) is 0 Å². The summed E-state index contributed by atoms with van der Waals surface area (Å²) in [7, 11) is 2.12. The molecule has 2 aromatic rings. The Labute approximate surface area is 156 Å². The molecule has 6 heteroatoms. The summed E-state index contributed by atoms with van der Waals surface area (Å²) < 4.78 is 4.35. The van der Waals surface area contributed by atoms with Crippen LogP contribution in [0.15, 0.2) is 12.4 Å². The fourth-order valence-corrected chi connectivity index (χ4v) is 4.76. The largest absolute Gasteiger partial charge is 0.328 e. The first-order valence-electron chi connectivity index (χ1n) is 10.3. The summed E-state index contributed by atoms with van der Waals surface area (Å²) in [6, 6.07) is 0. The molecule has 0 unspecified atom stereocenters. The smallest absolute Gasteiger partial charge is 0.152 e. The average molecular weight is 357 g/mol. The standard InChI is InChI=1S/C20H32N6/c1-16-21-10-12-26(16)15-19-22-23-20(24(19)2)18-9-6-11-25(14-18)13-17-7-4-3-5-8-17/h10,12,17-18H,3-9,11,13-15H2,1-2H3/t18-/m1/s1. The van der Waals surface area contributed by atoms with Gasteiger partial charge < -0.3 is 14.0 Å². The van der Waals surface area contributed by atoms with E-state index in [2.05, 4.69) is 36.3 Å². The molecule has 1 atom stereocenters. The van der Waals surface area contributed by atoms with E-state index in [4.69, 9.17) is 0 Å². The molecule has 0 aromatic carbocycles. The lowest BCUT2D eigenvalue weighted by Gasteiger charge is -2.35. The Bertz CT molecular complexity index is 712. The second kappa shape index (κ2) is 7.91. The van der Waals surface area contributed by atoms with Crippen LogP contribution in [0.2, 0.25) is 0 Å². The van der Waals surface area contributed by atoms with E-state index >= 15 is 0 Å². The van der Waals surface area contributed by atoms with Crippen LogP contribution in [0.25, 0.3) is 0 Å². The third-order valence-corrected chi connectivity index (χ3v) is 6.35. The molecule has 4 rings (SSSR count). The molecular formula is C20H32N6. The Hall–Kier alpha value is -1.69. The minimum atomic E-state index is 0.516. The van der Waals surface area contributed by atoms with Crippen molar-refractivity contribution in [1.82, 2.24) is 29.2 Å². The van der Waals surface area contributed by atoms with Crippen LogP contribution in [0.3, 0.4) is 0 Å². The van der Waals surface area contributed by atoms with Gasteiger partial charge >= 0.3 is 0 Å². The van der Waals surface area contributed by atoms with E-state index < -0.39 is 0 Å². The van der Waals surface area contributed by atoms with Gasteiger partial charge in [0.25, 0.3) is 0 Å². The number of hydrogen-bond acceptors (Lipinski definition) is 4. The quantitative estimate of drug-likeness (QED) is 0.826. The Kier molecular flexibility index (Phi) is 5.38. The first-order chi connectivity index (χ1) is 12.7. The molecule has 2 aromatic heterocycles. The highest BCUT2D eigenvalue weighted by molar-refractivity contribution is 5.05. The lowest BCUT2D eigenvalue weighted by molar-refractivity contribution is 0.157. The van der Waals surface area contributed by atoms with Crippen LogP contribution >= 0.6 is 0 Å². The zero-order valence-corrected chi connectivity index (χ0v) is 16.3. The van der Waals surface area contributed by atoms with Crippen molar-refractivity contribution in [1.29, 1.82) is 0 Å². The van der Waals surface area contributed by atoms with Crippen molar-refractivity contribution in [2.45, 2.75) is 64.3 Å². The summed E-state index contributed by atoms with van der Waals surface area (Å²) in [4.78, 5) is 7.00. The summed E-state index contributed by atoms with van der Waals surface area (Å²) in [5.74, 6) is 4.63. The molecule has 0 N–H and O–H groups in total. The van der Waals surface area contributed by atoms with Gasteiger partial charge in [0, 0.05) is 38.4 Å². The highest BCUT2D eigenvalue weighted by Gasteiger charge is 2.27. The second-order valence-electron chi connectivity index (χ2n) is 8.24. The van der Waals surface area contributed by atoms with Crippen molar-refractivity contribution >= 4 is 0 Å². The average Bonchev–Trinajstić information content (AvgIpc) is 3.23. The van der Waals surface area contributed by atoms with Gasteiger partial charge in [-0.1, -0.05) is 19.3 Å². The van der Waals surface area contributed by atoms with Gasteiger partial charge in [0.2, 0.25) is 0 Å². The zero-order chi connectivity index (χ0) is 17.9. The predicted molar refractivity (Wildman–Crippen MR) is 102 cm³/mol. The second-order valence-corrected chi connectivity index (χ2v) is 8.24. The van der Waals surface area contributed by atoms with Gasteiger partial charge in [-0.15, -0.1) is 10.2 Å². The van der Waals surface area contributed by atoms with Gasteiger partial charge in [-0.3, -0.25) is 0 Å². The van der Waals surface area contributed by atoms with Crippen LogP contribution < -0.4 is 0 Å². The lowest BCUT2D eigenvalue weighted by Crippen LogP contribution is -2.38. The molecule has 142 valence electrons. The van der Waals surface area contributed by atoms with Gasteiger partial charge in [0.05, 0.1) is 6.54 Å². The Balaban J connectivity index is 1.41. The number of aromatic nitrogens is 5. The van der Waals surface area contributed by atoms with Gasteiger partial charge in [0.15, 0.2) is 5.82 Å². The number of hydrogen-bond donors (Lipinski definition) is 0. The van der Waals surface area contributed by atoms with Crippen LogP contribution in [0, 0.1) is 12.8 Å². The molecule has 1 saturated heterocycles. The van der Waals surface area contributed by atoms with Gasteiger partial charge in [-0.25, -0.2) is 4.98 Å². The Morgan fingerprint density at radius 2 is 1.92 bits per heavy atom. The summed E-state index contributed by atoms with van der Waals surface area (Å²) >= 11 is 0. The maximum Gasteiger partial charge on any atom is 0.152 e. The molecule has 1 aliphatic carbocycles. The zero-order valence-electron chi connectivity index (χ0n) is 16.3. The minimum Gasteiger partial charge on any atom is -0.328 e. The summed E-state index contributed by atoms with van der Waals surface area (Å²) in [5, 5.41) is 9.08. The SMILES string of the molecule is Cc1nccn1Cc1nnc([C@@H]2CCCN(CC3CCCCC3)C2)n1C. The molecule has 0 amide bonds. The molecular weight excluding hydrogens is 324 g/mol. The number of nitrogens with zero attached hydrogens (tertiary/aromatic N) is 6. The van der Waals surface area contributed by atoms with Crippen LogP contribution in [-0.4, -0.2) is 48.8 Å². The van der Waals surface area contributed by atoms with E-state index in [1.807, 2.05) is 19.3 Å². The molecule has 0 spiro atoms. The molecule has 0 bridgehead atoms. The number of likely N-dealkylation sites (tertiary alicyclic amines) is 1. The highest BCUT2D eigenvalue weighted by atomic mass is 15.3. The molecule has 1 aliphatic heterocycles. The molecule has 2 aliphatic rings. The topological polar surface area (TPSA) is 51.8 Å². The van der Waals surface area contributed by atoms with Gasteiger partial charge in [0.1, 0.15) is 11.6 Å². The van der Waals surface area contributed by atoms with E-state index in [9.17, 15) is 0 Å². The number of aryl methyl sites for hydroxylation is 1. The number of rotatable bonds is 5. The molecule has 0 radical (unpaired) electrons. The van der Waals surface area contributed by atoms with Crippen LogP contribution in [0.4, 0.5) is 0 Å². The van der Waals surface area contributed by atoms with E-state index in [-0.39, 0.29) is 0 Å². The Morgan fingerprint density at radius 1 is 1.08 bits per heavy atom. The molecule has 2 fully saturated rings. The van der Waals surface area contributed by atoms with Crippen molar-refractivity contribution in [3.63, 3.8) is 0 Å². The predicted octanol–water partition coefficient (Wildman–Crippen LogP) is 3.13. The minimum absolute atomic E-state index is 0.516. The fraction of sp³-hybridized carbons (Fsp3) is 0.750. The molecule has 6 nitrogen and oxygen atoms in total. The van der Waals surface area contributed by atoms with Crippen molar-refractivity contribution < 1.29 is 0 Å². The lowest BCUT2D eigenvalue weighted by atomic mass is 9.88. The molecule has 1 saturated carbocycles. The van der Waals surface area contributed by atoms with Crippen molar-refractivity contribution in [3.05, 3.63) is 29.9 Å². The number of imidazole rings is 1. The van der Waals surface area contributed by atoms with Crippen LogP contribution in [0.5, 0.6) is 0 Å².